The number of anilines is 2. The third-order valence-corrected chi connectivity index (χ3v) is 4.41. The van der Waals surface area contributed by atoms with E-state index in [4.69, 9.17) is 22.1 Å². The zero-order chi connectivity index (χ0) is 24.8. The molecule has 0 aromatic heterocycles. The van der Waals surface area contributed by atoms with Crippen LogP contribution in [0.25, 0.3) is 0 Å². The molecule has 33 heavy (non-hydrogen) atoms. The second kappa shape index (κ2) is 10.7. The first-order valence-electron chi connectivity index (χ1n) is 9.11. The van der Waals surface area contributed by atoms with Gasteiger partial charge in [-0.25, -0.2) is 9.59 Å². The van der Waals surface area contributed by atoms with Crippen molar-refractivity contribution in [2.45, 2.75) is 6.18 Å². The van der Waals surface area contributed by atoms with Crippen molar-refractivity contribution in [3.63, 3.8) is 0 Å². The molecule has 0 aliphatic heterocycles. The molecule has 0 aliphatic carbocycles. The summed E-state index contributed by atoms with van der Waals surface area (Å²) in [6, 6.07) is 7.57. The van der Waals surface area contributed by atoms with E-state index < -0.39 is 53.7 Å². The summed E-state index contributed by atoms with van der Waals surface area (Å²) < 4.78 is 43.6. The van der Waals surface area contributed by atoms with Gasteiger partial charge in [-0.1, -0.05) is 11.6 Å². The molecule has 0 saturated carbocycles. The van der Waals surface area contributed by atoms with E-state index in [0.717, 1.165) is 11.0 Å². The zero-order valence-corrected chi connectivity index (χ0v) is 17.8. The van der Waals surface area contributed by atoms with E-state index in [1.807, 2.05) is 0 Å². The summed E-state index contributed by atoms with van der Waals surface area (Å²) in [6.45, 7) is -1.18. The van der Waals surface area contributed by atoms with Gasteiger partial charge in [0.1, 0.15) is 0 Å². The van der Waals surface area contributed by atoms with Gasteiger partial charge in [-0.2, -0.15) is 13.2 Å². The Balaban J connectivity index is 1.87. The minimum absolute atomic E-state index is 0.0985. The van der Waals surface area contributed by atoms with E-state index in [0.29, 0.717) is 11.8 Å². The monoisotopic (exact) mass is 486 g/mol. The summed E-state index contributed by atoms with van der Waals surface area (Å²) in [5.41, 5.74) is 4.16. The fraction of sp³-hybridized carbons (Fsp3) is 0.200. The lowest BCUT2D eigenvalue weighted by Crippen LogP contribution is -2.37. The van der Waals surface area contributed by atoms with Crippen LogP contribution in [0.5, 0.6) is 0 Å². The molecule has 0 fully saturated rings. The number of benzene rings is 2. The number of hydrogen-bond donors (Lipinski definition) is 3. The number of esters is 1. The molecule has 0 saturated heterocycles. The minimum atomic E-state index is -4.70. The van der Waals surface area contributed by atoms with Crippen molar-refractivity contribution in [3.8, 4) is 0 Å². The van der Waals surface area contributed by atoms with Gasteiger partial charge in [0.25, 0.3) is 5.91 Å². The standard InChI is InChI=1S/C20H18ClF3N4O5/c1-28(9-16(29)26-13-6-7-15(21)14(8-13)20(22,23)24)17(30)10-33-18(31)11-2-4-12(5-3-11)27-19(25)32/h2-8H,9-10H2,1H3,(H,26,29)(H3,25,27,32). The average Bonchev–Trinajstić information content (AvgIpc) is 2.72. The predicted molar refractivity (Wildman–Crippen MR) is 113 cm³/mol. The average molecular weight is 487 g/mol. The van der Waals surface area contributed by atoms with E-state index in [2.05, 4.69) is 10.6 Å². The summed E-state index contributed by atoms with van der Waals surface area (Å²) in [4.78, 5) is 47.9. The fourth-order valence-corrected chi connectivity index (χ4v) is 2.70. The van der Waals surface area contributed by atoms with Crippen LogP contribution in [0.4, 0.5) is 29.3 Å². The molecule has 176 valence electrons. The highest BCUT2D eigenvalue weighted by Gasteiger charge is 2.33. The quantitative estimate of drug-likeness (QED) is 0.518. The normalized spacial score (nSPS) is 10.8. The summed E-state index contributed by atoms with van der Waals surface area (Å²) in [5, 5.41) is 4.03. The number of alkyl halides is 3. The number of likely N-dealkylation sites (N-methyl/N-ethyl adjacent to an activating group) is 1. The number of nitrogens with one attached hydrogen (secondary N) is 2. The number of urea groups is 1. The molecule has 4 amide bonds. The highest BCUT2D eigenvalue weighted by Crippen LogP contribution is 2.36. The highest BCUT2D eigenvalue weighted by atomic mass is 35.5. The van der Waals surface area contributed by atoms with Gasteiger partial charge < -0.3 is 26.0 Å². The van der Waals surface area contributed by atoms with Crippen LogP contribution in [0.15, 0.2) is 42.5 Å². The zero-order valence-electron chi connectivity index (χ0n) is 17.0. The van der Waals surface area contributed by atoms with E-state index >= 15 is 0 Å². The van der Waals surface area contributed by atoms with Crippen LogP contribution in [0.1, 0.15) is 15.9 Å². The molecule has 2 rings (SSSR count). The lowest BCUT2D eigenvalue weighted by molar-refractivity contribution is -0.137. The molecular weight excluding hydrogens is 469 g/mol. The van der Waals surface area contributed by atoms with Crippen LogP contribution in [0.2, 0.25) is 5.02 Å². The second-order valence-electron chi connectivity index (χ2n) is 6.63. The van der Waals surface area contributed by atoms with Gasteiger partial charge in [0.2, 0.25) is 5.91 Å². The number of nitrogens with two attached hydrogens (primary N) is 1. The first-order chi connectivity index (χ1) is 15.4. The molecule has 0 heterocycles. The molecule has 0 radical (unpaired) electrons. The Bertz CT molecular complexity index is 1060. The van der Waals surface area contributed by atoms with Crippen molar-refractivity contribution < 1.29 is 37.1 Å². The predicted octanol–water partition coefficient (Wildman–Crippen LogP) is 3.10. The smallest absolute Gasteiger partial charge is 0.417 e. The van der Waals surface area contributed by atoms with Crippen LogP contribution < -0.4 is 16.4 Å². The molecule has 0 atom stereocenters. The van der Waals surface area contributed by atoms with Gasteiger partial charge in [-0.15, -0.1) is 0 Å². The highest BCUT2D eigenvalue weighted by molar-refractivity contribution is 6.31. The molecule has 0 spiro atoms. The molecule has 0 aliphatic rings. The topological polar surface area (TPSA) is 131 Å². The molecule has 0 unspecified atom stereocenters. The number of carbonyl (C=O) groups is 4. The van der Waals surface area contributed by atoms with E-state index in [1.54, 1.807) is 0 Å². The Morgan fingerprint density at radius 3 is 2.21 bits per heavy atom. The summed E-state index contributed by atoms with van der Waals surface area (Å²) >= 11 is 5.53. The second-order valence-corrected chi connectivity index (χ2v) is 7.04. The lowest BCUT2D eigenvalue weighted by atomic mass is 10.2. The van der Waals surface area contributed by atoms with Gasteiger partial charge in [0.15, 0.2) is 6.61 Å². The Kier molecular flexibility index (Phi) is 8.24. The summed E-state index contributed by atoms with van der Waals surface area (Å²) in [6.07, 6.45) is -4.70. The van der Waals surface area contributed by atoms with Crippen molar-refractivity contribution in [1.82, 2.24) is 4.90 Å². The van der Waals surface area contributed by atoms with E-state index in [-0.39, 0.29) is 11.3 Å². The van der Waals surface area contributed by atoms with Gasteiger partial charge in [-0.05, 0) is 42.5 Å². The fourth-order valence-electron chi connectivity index (χ4n) is 2.48. The number of primary amides is 1. The molecule has 13 heteroatoms. The van der Waals surface area contributed by atoms with Gasteiger partial charge in [-0.3, -0.25) is 9.59 Å². The van der Waals surface area contributed by atoms with Crippen molar-refractivity contribution in [1.29, 1.82) is 0 Å². The third-order valence-electron chi connectivity index (χ3n) is 4.08. The lowest BCUT2D eigenvalue weighted by Gasteiger charge is -2.17. The van der Waals surface area contributed by atoms with Crippen LogP contribution in [0.3, 0.4) is 0 Å². The number of halogens is 4. The third kappa shape index (κ3) is 7.68. The van der Waals surface area contributed by atoms with Gasteiger partial charge >= 0.3 is 18.2 Å². The molecule has 4 N–H and O–H groups in total. The van der Waals surface area contributed by atoms with Crippen molar-refractivity contribution >= 4 is 46.8 Å². The number of hydrogen-bond acceptors (Lipinski definition) is 5. The van der Waals surface area contributed by atoms with E-state index in [9.17, 15) is 32.3 Å². The first-order valence-corrected chi connectivity index (χ1v) is 9.49. The number of ether oxygens (including phenoxy) is 1. The molecule has 2 aromatic rings. The number of rotatable bonds is 7. The summed E-state index contributed by atoms with van der Waals surface area (Å²) in [7, 11) is 1.25. The van der Waals surface area contributed by atoms with Crippen LogP contribution in [-0.4, -0.2) is 48.9 Å². The SMILES string of the molecule is CN(CC(=O)Nc1ccc(Cl)c(C(F)(F)F)c1)C(=O)COC(=O)c1ccc(NC(N)=O)cc1. The molecule has 0 bridgehead atoms. The maximum absolute atomic E-state index is 12.9. The van der Waals surface area contributed by atoms with Crippen LogP contribution >= 0.6 is 11.6 Å². The molecule has 2 aromatic carbocycles. The van der Waals surface area contributed by atoms with Gasteiger partial charge in [0, 0.05) is 18.4 Å². The first kappa shape index (κ1) is 25.5. The number of nitrogens with zero attached hydrogens (tertiary/aromatic N) is 1. The van der Waals surface area contributed by atoms with Gasteiger partial charge in [0.05, 0.1) is 22.7 Å². The van der Waals surface area contributed by atoms with Crippen molar-refractivity contribution in [3.05, 3.63) is 58.6 Å². The van der Waals surface area contributed by atoms with Crippen molar-refractivity contribution in [2.75, 3.05) is 30.8 Å². The number of carbonyl (C=O) groups excluding carboxylic acids is 4. The van der Waals surface area contributed by atoms with E-state index in [1.165, 1.54) is 37.4 Å². The largest absolute Gasteiger partial charge is 0.452 e. The maximum atomic E-state index is 12.9. The maximum Gasteiger partial charge on any atom is 0.417 e. The number of amides is 4. The Morgan fingerprint density at radius 1 is 1.03 bits per heavy atom. The minimum Gasteiger partial charge on any atom is -0.452 e. The van der Waals surface area contributed by atoms with Crippen LogP contribution in [-0.2, 0) is 20.5 Å². The summed E-state index contributed by atoms with van der Waals surface area (Å²) in [5.74, 6) is -2.32. The van der Waals surface area contributed by atoms with Crippen molar-refractivity contribution in [2.24, 2.45) is 5.73 Å². The Hall–Kier alpha value is -3.80. The molecular formula is C20H18ClF3N4O5. The van der Waals surface area contributed by atoms with Crippen LogP contribution in [0, 0.1) is 0 Å². The Morgan fingerprint density at radius 2 is 1.64 bits per heavy atom. The molecule has 9 nitrogen and oxygen atoms in total. The Labute approximate surface area is 190 Å².